The van der Waals surface area contributed by atoms with Gasteiger partial charge >= 0.3 is 0 Å². The van der Waals surface area contributed by atoms with Crippen LogP contribution in [0.3, 0.4) is 0 Å². The van der Waals surface area contributed by atoms with Gasteiger partial charge in [0, 0.05) is 39.3 Å². The molecule has 0 radical (unpaired) electrons. The summed E-state index contributed by atoms with van der Waals surface area (Å²) in [7, 11) is 5.25. The van der Waals surface area contributed by atoms with Crippen LogP contribution in [-0.2, 0) is 4.74 Å². The molecule has 27 heavy (non-hydrogen) atoms. The van der Waals surface area contributed by atoms with Gasteiger partial charge in [0.05, 0.1) is 50.0 Å². The van der Waals surface area contributed by atoms with E-state index in [0.29, 0.717) is 19.7 Å². The normalized spacial score (nSPS) is 20.1. The van der Waals surface area contributed by atoms with Gasteiger partial charge in [-0.1, -0.05) is 13.8 Å². The van der Waals surface area contributed by atoms with E-state index in [1.54, 1.807) is 19.1 Å². The van der Waals surface area contributed by atoms with Crippen LogP contribution < -0.4 is 5.32 Å². The number of piperidine rings is 1. The lowest BCUT2D eigenvalue weighted by molar-refractivity contribution is -0.189. The molecule has 0 spiro atoms. The predicted molar refractivity (Wildman–Crippen MR) is 104 cm³/mol. The molecule has 0 saturated carbocycles. The summed E-state index contributed by atoms with van der Waals surface area (Å²) in [5.74, 6) is 0.236. The van der Waals surface area contributed by atoms with Crippen molar-refractivity contribution in [2.24, 2.45) is 16.7 Å². The molecule has 1 aliphatic heterocycles. The first-order chi connectivity index (χ1) is 12.8. The Morgan fingerprint density at radius 3 is 1.67 bits per heavy atom. The van der Waals surface area contributed by atoms with Crippen molar-refractivity contribution in [2.75, 3.05) is 80.5 Å². The van der Waals surface area contributed by atoms with Crippen LogP contribution in [0.15, 0.2) is 0 Å². The van der Waals surface area contributed by atoms with E-state index in [-0.39, 0.29) is 12.5 Å². The quantitative estimate of drug-likeness (QED) is 0.228. The van der Waals surface area contributed by atoms with Gasteiger partial charge in [-0.3, -0.25) is 0 Å². The van der Waals surface area contributed by atoms with Crippen molar-refractivity contribution in [2.45, 2.75) is 20.0 Å². The molecule has 7 N–H and O–H groups in total. The fourth-order valence-corrected chi connectivity index (χ4v) is 3.30. The first-order valence-electron chi connectivity index (χ1n) is 9.39. The van der Waals surface area contributed by atoms with Crippen molar-refractivity contribution in [3.8, 4) is 0 Å². The number of hydrogen-bond donors (Lipinski definition) is 7. The zero-order valence-electron chi connectivity index (χ0n) is 17.6. The second-order valence-electron chi connectivity index (χ2n) is 6.99. The van der Waals surface area contributed by atoms with Gasteiger partial charge in [0.25, 0.3) is 0 Å². The van der Waals surface area contributed by atoms with Crippen LogP contribution in [0.4, 0.5) is 0 Å². The lowest BCUT2D eigenvalue weighted by Gasteiger charge is -2.52. The van der Waals surface area contributed by atoms with E-state index in [0.717, 1.165) is 6.54 Å². The summed E-state index contributed by atoms with van der Waals surface area (Å²) >= 11 is 0. The zero-order chi connectivity index (χ0) is 21.5. The van der Waals surface area contributed by atoms with Crippen molar-refractivity contribution in [3.05, 3.63) is 0 Å². The van der Waals surface area contributed by atoms with E-state index >= 15 is 0 Å². The average Bonchev–Trinajstić information content (AvgIpc) is 2.71. The lowest BCUT2D eigenvalue weighted by Crippen LogP contribution is -2.66. The second-order valence-corrected chi connectivity index (χ2v) is 6.99. The number of ether oxygens (including phenoxy) is 1. The minimum atomic E-state index is -1.14. The maximum Gasteiger partial charge on any atom is 0.0765 e. The van der Waals surface area contributed by atoms with E-state index < -0.39 is 43.4 Å². The molecule has 0 aromatic carbocycles. The number of rotatable bonds is 9. The highest BCUT2D eigenvalue weighted by Crippen LogP contribution is 2.39. The Balaban J connectivity index is 0. The van der Waals surface area contributed by atoms with Crippen molar-refractivity contribution in [1.82, 2.24) is 10.2 Å². The smallest absolute Gasteiger partial charge is 0.0765 e. The molecule has 0 aliphatic carbocycles. The molecule has 1 rings (SSSR count). The van der Waals surface area contributed by atoms with Crippen molar-refractivity contribution in [1.29, 1.82) is 0 Å². The van der Waals surface area contributed by atoms with Gasteiger partial charge in [0.2, 0.25) is 0 Å². The van der Waals surface area contributed by atoms with E-state index in [4.69, 9.17) is 9.84 Å². The topological polar surface area (TPSA) is 146 Å². The standard InChI is InChI=1S/C10H21NO5.C6H15NO2.C2H6/c1-11-2-9(4-12,5-13)8(16)10(3-11,6-14)7-15;1-7-3-6(4-8)5-9-2;1-2/h8,12-16H,2-7H2,1H3;6-8H,3-5H2,1-2H3;1-2H3. The van der Waals surface area contributed by atoms with Gasteiger partial charge in [-0.25, -0.2) is 0 Å². The molecule has 9 nitrogen and oxygen atoms in total. The summed E-state index contributed by atoms with van der Waals surface area (Å²) < 4.78 is 4.85. The number of nitrogens with zero attached hydrogens (tertiary/aromatic N) is 1. The molecule has 1 aliphatic rings. The zero-order valence-corrected chi connectivity index (χ0v) is 17.6. The number of methoxy groups -OCH3 is 1. The van der Waals surface area contributed by atoms with E-state index in [1.807, 2.05) is 20.9 Å². The van der Waals surface area contributed by atoms with E-state index in [2.05, 4.69) is 5.32 Å². The third kappa shape index (κ3) is 8.26. The molecule has 9 heteroatoms. The predicted octanol–water partition coefficient (Wildman–Crippen LogP) is -2.28. The molecule has 0 aromatic rings. The number of nitrogens with one attached hydrogen (secondary N) is 1. The summed E-state index contributed by atoms with van der Waals surface area (Å²) in [5, 5.41) is 59.2. The molecular formula is C18H42N2O7. The van der Waals surface area contributed by atoms with Gasteiger partial charge < -0.3 is 45.6 Å². The van der Waals surface area contributed by atoms with Crippen molar-refractivity contribution in [3.63, 3.8) is 0 Å². The number of hydrogen-bond acceptors (Lipinski definition) is 9. The first-order valence-corrected chi connectivity index (χ1v) is 9.39. The largest absolute Gasteiger partial charge is 0.396 e. The minimum absolute atomic E-state index is 0.189. The van der Waals surface area contributed by atoms with Crippen LogP contribution in [0.1, 0.15) is 13.8 Å². The minimum Gasteiger partial charge on any atom is -0.396 e. The van der Waals surface area contributed by atoms with Gasteiger partial charge in [0.1, 0.15) is 0 Å². The molecule has 1 fully saturated rings. The Hall–Kier alpha value is -0.360. The first kappa shape index (κ1) is 28.8. The Bertz CT molecular complexity index is 312. The Morgan fingerprint density at radius 2 is 1.41 bits per heavy atom. The van der Waals surface area contributed by atoms with Crippen LogP contribution in [0.2, 0.25) is 0 Å². The fraction of sp³-hybridized carbons (Fsp3) is 1.00. The third-order valence-electron chi connectivity index (χ3n) is 4.74. The molecule has 0 aromatic heterocycles. The summed E-state index contributed by atoms with van der Waals surface area (Å²) in [6.07, 6.45) is -1.14. The van der Waals surface area contributed by atoms with Crippen LogP contribution >= 0.6 is 0 Å². The number of likely N-dealkylation sites (tertiary alicyclic amines) is 1. The molecule has 1 atom stereocenters. The van der Waals surface area contributed by atoms with Crippen molar-refractivity contribution >= 4 is 0 Å². The third-order valence-corrected chi connectivity index (χ3v) is 4.74. The monoisotopic (exact) mass is 398 g/mol. The molecule has 0 amide bonds. The Morgan fingerprint density at radius 1 is 1.00 bits per heavy atom. The number of aliphatic hydroxyl groups is 6. The highest BCUT2D eigenvalue weighted by molar-refractivity contribution is 5.04. The Kier molecular flexibility index (Phi) is 16.6. The van der Waals surface area contributed by atoms with Gasteiger partial charge in [-0.2, -0.15) is 0 Å². The maximum absolute atomic E-state index is 10.2. The van der Waals surface area contributed by atoms with Crippen LogP contribution in [0.5, 0.6) is 0 Å². The maximum atomic E-state index is 10.2. The van der Waals surface area contributed by atoms with Crippen LogP contribution in [-0.4, -0.2) is 122 Å². The molecule has 166 valence electrons. The fourth-order valence-electron chi connectivity index (χ4n) is 3.30. The van der Waals surface area contributed by atoms with Crippen LogP contribution in [0, 0.1) is 16.7 Å². The molecule has 1 unspecified atom stereocenters. The van der Waals surface area contributed by atoms with E-state index in [1.165, 1.54) is 0 Å². The average molecular weight is 399 g/mol. The number of aliphatic hydroxyl groups excluding tert-OH is 6. The van der Waals surface area contributed by atoms with Gasteiger partial charge in [-0.15, -0.1) is 0 Å². The lowest BCUT2D eigenvalue weighted by atomic mass is 9.65. The highest BCUT2D eigenvalue weighted by Gasteiger charge is 2.54. The van der Waals surface area contributed by atoms with Crippen LogP contribution in [0.25, 0.3) is 0 Å². The van der Waals surface area contributed by atoms with Gasteiger partial charge in [-0.05, 0) is 14.1 Å². The molecule has 1 saturated heterocycles. The van der Waals surface area contributed by atoms with Crippen molar-refractivity contribution < 1.29 is 35.4 Å². The highest BCUT2D eigenvalue weighted by atomic mass is 16.5. The summed E-state index contributed by atoms with van der Waals surface area (Å²) in [6.45, 7) is 4.70. The Labute approximate surface area is 163 Å². The summed E-state index contributed by atoms with van der Waals surface area (Å²) in [5.41, 5.74) is -2.20. The van der Waals surface area contributed by atoms with E-state index in [9.17, 15) is 25.5 Å². The van der Waals surface area contributed by atoms with Gasteiger partial charge in [0.15, 0.2) is 0 Å². The summed E-state index contributed by atoms with van der Waals surface area (Å²) in [4.78, 5) is 1.78. The second kappa shape index (κ2) is 15.5. The molecular weight excluding hydrogens is 356 g/mol. The SMILES string of the molecule is CC.CN1CC(CO)(CO)C(O)C(CO)(CO)C1.CNCC(CO)COC. The summed E-state index contributed by atoms with van der Waals surface area (Å²) in [6, 6.07) is 0. The molecule has 1 heterocycles. The molecule has 0 bridgehead atoms.